The molecule has 2 aromatic rings. The average Bonchev–Trinajstić information content (AvgIpc) is 3.41. The van der Waals surface area contributed by atoms with E-state index in [9.17, 15) is 13.6 Å². The number of benzene rings is 2. The number of hydrogen-bond donors (Lipinski definition) is 0. The van der Waals surface area contributed by atoms with Gasteiger partial charge in [-0.3, -0.25) is 4.79 Å². The van der Waals surface area contributed by atoms with Crippen molar-refractivity contribution in [3.05, 3.63) is 71.3 Å². The van der Waals surface area contributed by atoms with Gasteiger partial charge in [-0.15, -0.1) is 0 Å². The Labute approximate surface area is 156 Å². The molecule has 4 nitrogen and oxygen atoms in total. The lowest BCUT2D eigenvalue weighted by Crippen LogP contribution is -2.38. The highest BCUT2D eigenvalue weighted by molar-refractivity contribution is 6.01. The monoisotopic (exact) mass is 370 g/mol. The predicted octanol–water partition coefficient (Wildman–Crippen LogP) is 3.90. The molecule has 1 aliphatic heterocycles. The second-order valence-corrected chi connectivity index (χ2v) is 7.06. The van der Waals surface area contributed by atoms with E-state index in [2.05, 4.69) is 5.16 Å². The SMILES string of the molecule is O=C(C1CC1)N(Cc1ccccc1F)C[C@H]1CC(c2cccc(F)c2)=NO1. The van der Waals surface area contributed by atoms with E-state index in [-0.39, 0.29) is 36.1 Å². The molecule has 6 heteroatoms. The van der Waals surface area contributed by atoms with E-state index in [0.717, 1.165) is 12.8 Å². The van der Waals surface area contributed by atoms with Crippen LogP contribution < -0.4 is 0 Å². The van der Waals surface area contributed by atoms with Crippen molar-refractivity contribution < 1.29 is 18.4 Å². The molecule has 1 saturated carbocycles. The van der Waals surface area contributed by atoms with E-state index in [1.165, 1.54) is 18.2 Å². The normalized spacial score (nSPS) is 18.7. The molecule has 0 unspecified atom stereocenters. The van der Waals surface area contributed by atoms with Crippen molar-refractivity contribution in [3.63, 3.8) is 0 Å². The van der Waals surface area contributed by atoms with E-state index in [0.29, 0.717) is 29.8 Å². The van der Waals surface area contributed by atoms with Gasteiger partial charge in [0.2, 0.25) is 5.91 Å². The van der Waals surface area contributed by atoms with Gasteiger partial charge in [0.15, 0.2) is 6.10 Å². The van der Waals surface area contributed by atoms with Crippen LogP contribution in [0.2, 0.25) is 0 Å². The first-order valence-electron chi connectivity index (χ1n) is 9.11. The summed E-state index contributed by atoms with van der Waals surface area (Å²) in [5.74, 6) is -0.596. The molecule has 0 aromatic heterocycles. The second-order valence-electron chi connectivity index (χ2n) is 7.06. The Morgan fingerprint density at radius 1 is 1.15 bits per heavy atom. The summed E-state index contributed by atoms with van der Waals surface area (Å²) in [5.41, 5.74) is 1.81. The fourth-order valence-electron chi connectivity index (χ4n) is 3.26. The maximum atomic E-state index is 14.0. The van der Waals surface area contributed by atoms with Crippen LogP contribution in [0.5, 0.6) is 0 Å². The van der Waals surface area contributed by atoms with Crippen molar-refractivity contribution in [1.82, 2.24) is 4.90 Å². The van der Waals surface area contributed by atoms with Crippen LogP contribution in [0.1, 0.15) is 30.4 Å². The summed E-state index contributed by atoms with van der Waals surface area (Å²) < 4.78 is 27.5. The Hall–Kier alpha value is -2.76. The largest absolute Gasteiger partial charge is 0.390 e. The molecule has 4 rings (SSSR count). The molecule has 2 aliphatic rings. The number of nitrogens with zero attached hydrogens (tertiary/aromatic N) is 2. The molecule has 140 valence electrons. The molecule has 0 saturated heterocycles. The summed E-state index contributed by atoms with van der Waals surface area (Å²) in [6.45, 7) is 0.531. The highest BCUT2D eigenvalue weighted by Crippen LogP contribution is 2.32. The molecule has 1 fully saturated rings. The van der Waals surface area contributed by atoms with Gasteiger partial charge >= 0.3 is 0 Å². The van der Waals surface area contributed by atoms with Gasteiger partial charge in [0, 0.05) is 30.0 Å². The summed E-state index contributed by atoms with van der Waals surface area (Å²) in [6.07, 6.45) is 1.92. The second kappa shape index (κ2) is 7.47. The maximum absolute atomic E-state index is 14.0. The number of rotatable bonds is 6. The Morgan fingerprint density at radius 3 is 2.70 bits per heavy atom. The molecule has 0 radical (unpaired) electrons. The van der Waals surface area contributed by atoms with E-state index >= 15 is 0 Å². The maximum Gasteiger partial charge on any atom is 0.226 e. The van der Waals surface area contributed by atoms with Gasteiger partial charge in [-0.05, 0) is 31.0 Å². The van der Waals surface area contributed by atoms with Gasteiger partial charge in [-0.25, -0.2) is 8.78 Å². The number of carbonyl (C=O) groups is 1. The summed E-state index contributed by atoms with van der Waals surface area (Å²) in [5, 5.41) is 4.06. The fourth-order valence-corrected chi connectivity index (χ4v) is 3.26. The summed E-state index contributed by atoms with van der Waals surface area (Å²) >= 11 is 0. The summed E-state index contributed by atoms with van der Waals surface area (Å²) in [4.78, 5) is 19.8. The van der Waals surface area contributed by atoms with E-state index in [1.807, 2.05) is 0 Å². The van der Waals surface area contributed by atoms with Crippen molar-refractivity contribution in [2.24, 2.45) is 11.1 Å². The molecule has 1 aliphatic carbocycles. The first-order valence-corrected chi connectivity index (χ1v) is 9.11. The van der Waals surface area contributed by atoms with Crippen LogP contribution in [-0.4, -0.2) is 29.2 Å². The lowest BCUT2D eigenvalue weighted by atomic mass is 10.0. The molecule has 0 bridgehead atoms. The molecule has 27 heavy (non-hydrogen) atoms. The Balaban J connectivity index is 1.45. The van der Waals surface area contributed by atoms with Crippen molar-refractivity contribution in [1.29, 1.82) is 0 Å². The lowest BCUT2D eigenvalue weighted by molar-refractivity contribution is -0.135. The standard InChI is InChI=1S/C21H20F2N2O2/c22-17-6-3-5-15(10-17)20-11-18(27-24-20)13-25(21(26)14-8-9-14)12-16-4-1-2-7-19(16)23/h1-7,10,14,18H,8-9,11-13H2/t18-/m1/s1. The zero-order chi connectivity index (χ0) is 18.8. The zero-order valence-corrected chi connectivity index (χ0v) is 14.8. The van der Waals surface area contributed by atoms with Gasteiger partial charge in [0.05, 0.1) is 12.3 Å². The summed E-state index contributed by atoms with van der Waals surface area (Å²) in [7, 11) is 0. The highest BCUT2D eigenvalue weighted by Gasteiger charge is 2.36. The van der Waals surface area contributed by atoms with Crippen molar-refractivity contribution in [3.8, 4) is 0 Å². The molecule has 0 spiro atoms. The first-order chi connectivity index (χ1) is 13.1. The topological polar surface area (TPSA) is 41.9 Å². The van der Waals surface area contributed by atoms with Crippen LogP contribution in [0.3, 0.4) is 0 Å². The van der Waals surface area contributed by atoms with E-state index in [1.54, 1.807) is 35.2 Å². The molecule has 1 atom stereocenters. The number of amides is 1. The Kier molecular flexibility index (Phi) is 4.88. The quantitative estimate of drug-likeness (QED) is 0.774. The van der Waals surface area contributed by atoms with Crippen LogP contribution in [0.4, 0.5) is 8.78 Å². The van der Waals surface area contributed by atoms with Crippen molar-refractivity contribution >= 4 is 11.6 Å². The minimum Gasteiger partial charge on any atom is -0.390 e. The van der Waals surface area contributed by atoms with E-state index < -0.39 is 0 Å². The number of halogens is 2. The van der Waals surface area contributed by atoms with Crippen LogP contribution in [0, 0.1) is 17.6 Å². The third-order valence-corrected chi connectivity index (χ3v) is 4.87. The molecular formula is C21H20F2N2O2. The predicted molar refractivity (Wildman–Crippen MR) is 97.0 cm³/mol. The highest BCUT2D eigenvalue weighted by atomic mass is 19.1. The zero-order valence-electron chi connectivity index (χ0n) is 14.8. The molecule has 2 aromatic carbocycles. The minimum atomic E-state index is -0.330. The summed E-state index contributed by atoms with van der Waals surface area (Å²) in [6, 6.07) is 12.7. The van der Waals surface area contributed by atoms with Crippen LogP contribution in [0.15, 0.2) is 53.7 Å². The number of oxime groups is 1. The molecular weight excluding hydrogens is 350 g/mol. The van der Waals surface area contributed by atoms with Gasteiger partial charge < -0.3 is 9.74 Å². The third-order valence-electron chi connectivity index (χ3n) is 4.87. The van der Waals surface area contributed by atoms with Crippen LogP contribution >= 0.6 is 0 Å². The van der Waals surface area contributed by atoms with Crippen molar-refractivity contribution in [2.45, 2.75) is 31.9 Å². The Morgan fingerprint density at radius 2 is 1.96 bits per heavy atom. The van der Waals surface area contributed by atoms with E-state index in [4.69, 9.17) is 4.84 Å². The Bertz CT molecular complexity index is 880. The lowest BCUT2D eigenvalue weighted by Gasteiger charge is -2.25. The molecule has 0 N–H and O–H groups in total. The van der Waals surface area contributed by atoms with Crippen LogP contribution in [0.25, 0.3) is 0 Å². The fraction of sp³-hybridized carbons (Fsp3) is 0.333. The first kappa shape index (κ1) is 17.6. The van der Waals surface area contributed by atoms with Crippen LogP contribution in [-0.2, 0) is 16.2 Å². The van der Waals surface area contributed by atoms with Gasteiger partial charge in [0.1, 0.15) is 11.6 Å². The number of hydrogen-bond acceptors (Lipinski definition) is 3. The third kappa shape index (κ3) is 4.15. The average molecular weight is 370 g/mol. The molecule has 1 amide bonds. The molecule has 1 heterocycles. The van der Waals surface area contributed by atoms with Crippen molar-refractivity contribution in [2.75, 3.05) is 6.54 Å². The smallest absolute Gasteiger partial charge is 0.226 e. The number of carbonyl (C=O) groups excluding carboxylic acids is 1. The van der Waals surface area contributed by atoms with Gasteiger partial charge in [-0.1, -0.05) is 35.5 Å². The minimum absolute atomic E-state index is 0.0288. The van der Waals surface area contributed by atoms with Gasteiger partial charge in [0.25, 0.3) is 0 Å². The van der Waals surface area contributed by atoms with Gasteiger partial charge in [-0.2, -0.15) is 0 Å².